The van der Waals surface area contributed by atoms with Gasteiger partial charge in [0, 0.05) is 13.1 Å². The molecule has 1 rings (SSSR count). The van der Waals surface area contributed by atoms with Crippen LogP contribution >= 0.6 is 0 Å². The number of carbonyl (C=O) groups excluding carboxylic acids is 1. The highest BCUT2D eigenvalue weighted by molar-refractivity contribution is 5.72. The van der Waals surface area contributed by atoms with Crippen LogP contribution in [0.25, 0.3) is 0 Å². The molecule has 0 saturated carbocycles. The van der Waals surface area contributed by atoms with E-state index < -0.39 is 18.0 Å². The van der Waals surface area contributed by atoms with Crippen molar-refractivity contribution in [1.82, 2.24) is 4.90 Å². The number of amides is 1. The van der Waals surface area contributed by atoms with Gasteiger partial charge in [0.1, 0.15) is 6.61 Å². The van der Waals surface area contributed by atoms with Gasteiger partial charge in [-0.15, -0.1) is 0 Å². The number of rotatable bonds is 7. The molecule has 0 aliphatic heterocycles. The number of aliphatic carboxylic acids is 1. The SMILES string of the molecule is C=CCOC(=O)N(Cc1ccccc1)CC(C)C(=O)O. The topological polar surface area (TPSA) is 66.8 Å². The van der Waals surface area contributed by atoms with Crippen molar-refractivity contribution in [3.05, 3.63) is 48.6 Å². The highest BCUT2D eigenvalue weighted by Crippen LogP contribution is 2.09. The lowest BCUT2D eigenvalue weighted by Gasteiger charge is -2.23. The van der Waals surface area contributed by atoms with Crippen LogP contribution < -0.4 is 0 Å². The Morgan fingerprint density at radius 3 is 2.60 bits per heavy atom. The van der Waals surface area contributed by atoms with Gasteiger partial charge in [0.15, 0.2) is 0 Å². The predicted molar refractivity (Wildman–Crippen MR) is 75.2 cm³/mol. The van der Waals surface area contributed by atoms with Crippen molar-refractivity contribution in [3.63, 3.8) is 0 Å². The van der Waals surface area contributed by atoms with Gasteiger partial charge >= 0.3 is 12.1 Å². The van der Waals surface area contributed by atoms with Crippen LogP contribution in [0.15, 0.2) is 43.0 Å². The molecule has 5 nitrogen and oxygen atoms in total. The van der Waals surface area contributed by atoms with Gasteiger partial charge in [-0.05, 0) is 5.56 Å². The largest absolute Gasteiger partial charge is 0.481 e. The number of benzene rings is 1. The molecular weight excluding hydrogens is 258 g/mol. The molecule has 0 aliphatic carbocycles. The van der Waals surface area contributed by atoms with Crippen LogP contribution in [-0.4, -0.2) is 35.2 Å². The maximum absolute atomic E-state index is 11.9. The molecule has 1 amide bonds. The Kier molecular flexibility index (Phi) is 6.29. The zero-order valence-electron chi connectivity index (χ0n) is 11.5. The summed E-state index contributed by atoms with van der Waals surface area (Å²) in [7, 11) is 0. The summed E-state index contributed by atoms with van der Waals surface area (Å²) >= 11 is 0. The molecule has 1 atom stereocenters. The molecule has 108 valence electrons. The minimum atomic E-state index is -0.945. The third-order valence-electron chi connectivity index (χ3n) is 2.71. The second kappa shape index (κ2) is 7.99. The number of nitrogens with zero attached hydrogens (tertiary/aromatic N) is 1. The van der Waals surface area contributed by atoms with Crippen molar-refractivity contribution >= 4 is 12.1 Å². The van der Waals surface area contributed by atoms with Crippen molar-refractivity contribution in [3.8, 4) is 0 Å². The Balaban J connectivity index is 2.75. The van der Waals surface area contributed by atoms with Crippen LogP contribution in [0.3, 0.4) is 0 Å². The Hall–Kier alpha value is -2.30. The van der Waals surface area contributed by atoms with Crippen LogP contribution in [0.4, 0.5) is 4.79 Å². The van der Waals surface area contributed by atoms with E-state index >= 15 is 0 Å². The van der Waals surface area contributed by atoms with Crippen LogP contribution in [0, 0.1) is 5.92 Å². The summed E-state index contributed by atoms with van der Waals surface area (Å²) < 4.78 is 4.98. The number of hydrogen-bond donors (Lipinski definition) is 1. The standard InChI is InChI=1S/C15H19NO4/c1-3-9-20-15(19)16(10-12(2)14(17)18)11-13-7-5-4-6-8-13/h3-8,12H,1,9-11H2,2H3,(H,17,18). The molecule has 0 aliphatic rings. The Morgan fingerprint density at radius 2 is 2.05 bits per heavy atom. The fourth-order valence-corrected chi connectivity index (χ4v) is 1.64. The predicted octanol–water partition coefficient (Wildman–Crippen LogP) is 2.53. The van der Waals surface area contributed by atoms with E-state index in [0.717, 1.165) is 5.56 Å². The highest BCUT2D eigenvalue weighted by Gasteiger charge is 2.21. The quantitative estimate of drug-likeness (QED) is 0.778. The Morgan fingerprint density at radius 1 is 1.40 bits per heavy atom. The maximum atomic E-state index is 11.9. The lowest BCUT2D eigenvalue weighted by Crippen LogP contribution is -2.36. The smallest absolute Gasteiger partial charge is 0.410 e. The lowest BCUT2D eigenvalue weighted by atomic mass is 10.1. The molecule has 1 unspecified atom stereocenters. The minimum absolute atomic E-state index is 0.0974. The van der Waals surface area contributed by atoms with E-state index in [2.05, 4.69) is 6.58 Å². The average molecular weight is 277 g/mol. The first-order valence-corrected chi connectivity index (χ1v) is 6.34. The van der Waals surface area contributed by atoms with Gasteiger partial charge in [-0.2, -0.15) is 0 Å². The zero-order valence-corrected chi connectivity index (χ0v) is 11.5. The molecule has 0 spiro atoms. The van der Waals surface area contributed by atoms with Gasteiger partial charge in [-0.3, -0.25) is 4.79 Å². The van der Waals surface area contributed by atoms with E-state index in [-0.39, 0.29) is 13.2 Å². The molecule has 1 N–H and O–H groups in total. The van der Waals surface area contributed by atoms with Crippen molar-refractivity contribution < 1.29 is 19.4 Å². The van der Waals surface area contributed by atoms with E-state index in [1.165, 1.54) is 11.0 Å². The van der Waals surface area contributed by atoms with Gasteiger partial charge in [0.2, 0.25) is 0 Å². The van der Waals surface area contributed by atoms with E-state index in [0.29, 0.717) is 6.54 Å². The maximum Gasteiger partial charge on any atom is 0.410 e. The van der Waals surface area contributed by atoms with Gasteiger partial charge in [0.25, 0.3) is 0 Å². The number of carboxylic acid groups (broad SMARTS) is 1. The summed E-state index contributed by atoms with van der Waals surface area (Å²) in [6.07, 6.45) is 0.931. The monoisotopic (exact) mass is 277 g/mol. The Labute approximate surface area is 118 Å². The van der Waals surface area contributed by atoms with Gasteiger partial charge in [-0.25, -0.2) is 4.79 Å². The molecule has 5 heteroatoms. The summed E-state index contributed by atoms with van der Waals surface area (Å²) in [5, 5.41) is 8.96. The van der Waals surface area contributed by atoms with E-state index in [1.54, 1.807) is 6.92 Å². The lowest BCUT2D eigenvalue weighted by molar-refractivity contribution is -0.141. The summed E-state index contributed by atoms with van der Waals surface area (Å²) in [5.74, 6) is -1.60. The second-order valence-electron chi connectivity index (χ2n) is 4.47. The first-order chi connectivity index (χ1) is 9.54. The highest BCUT2D eigenvalue weighted by atomic mass is 16.6. The van der Waals surface area contributed by atoms with E-state index in [4.69, 9.17) is 9.84 Å². The van der Waals surface area contributed by atoms with Crippen LogP contribution in [0.2, 0.25) is 0 Å². The van der Waals surface area contributed by atoms with E-state index in [9.17, 15) is 9.59 Å². The molecule has 1 aromatic carbocycles. The molecule has 20 heavy (non-hydrogen) atoms. The molecule has 0 fully saturated rings. The fraction of sp³-hybridized carbons (Fsp3) is 0.333. The molecule has 0 saturated heterocycles. The number of hydrogen-bond acceptors (Lipinski definition) is 3. The van der Waals surface area contributed by atoms with Gasteiger partial charge < -0.3 is 14.7 Å². The number of carbonyl (C=O) groups is 2. The van der Waals surface area contributed by atoms with Crippen molar-refractivity contribution in [2.24, 2.45) is 5.92 Å². The molecule has 0 radical (unpaired) electrons. The summed E-state index contributed by atoms with van der Waals surface area (Å²) in [6.45, 7) is 5.55. The normalized spacial score (nSPS) is 11.4. The summed E-state index contributed by atoms with van der Waals surface area (Å²) in [5.41, 5.74) is 0.917. The fourth-order valence-electron chi connectivity index (χ4n) is 1.64. The Bertz CT molecular complexity index is 458. The van der Waals surface area contributed by atoms with Crippen LogP contribution in [-0.2, 0) is 16.1 Å². The van der Waals surface area contributed by atoms with Gasteiger partial charge in [0.05, 0.1) is 5.92 Å². The first-order valence-electron chi connectivity index (χ1n) is 6.34. The van der Waals surface area contributed by atoms with Crippen LogP contribution in [0.5, 0.6) is 0 Å². The first kappa shape index (κ1) is 15.8. The average Bonchev–Trinajstić information content (AvgIpc) is 2.44. The van der Waals surface area contributed by atoms with E-state index in [1.807, 2.05) is 30.3 Å². The summed E-state index contributed by atoms with van der Waals surface area (Å²) in [6, 6.07) is 9.36. The minimum Gasteiger partial charge on any atom is -0.481 e. The second-order valence-corrected chi connectivity index (χ2v) is 4.47. The molecule has 1 aromatic rings. The number of ether oxygens (including phenoxy) is 1. The third-order valence-corrected chi connectivity index (χ3v) is 2.71. The van der Waals surface area contributed by atoms with Crippen LogP contribution in [0.1, 0.15) is 12.5 Å². The van der Waals surface area contributed by atoms with Crippen molar-refractivity contribution in [1.29, 1.82) is 0 Å². The van der Waals surface area contributed by atoms with Crippen molar-refractivity contribution in [2.45, 2.75) is 13.5 Å². The summed E-state index contributed by atoms with van der Waals surface area (Å²) in [4.78, 5) is 24.2. The molecule has 0 aromatic heterocycles. The zero-order chi connectivity index (χ0) is 15.0. The number of carboxylic acids is 1. The molecule has 0 heterocycles. The molecule has 0 bridgehead atoms. The van der Waals surface area contributed by atoms with Gasteiger partial charge in [-0.1, -0.05) is 49.9 Å². The third kappa shape index (κ3) is 5.14. The molecular formula is C15H19NO4. The van der Waals surface area contributed by atoms with Crippen molar-refractivity contribution in [2.75, 3.05) is 13.2 Å².